The van der Waals surface area contributed by atoms with Gasteiger partial charge in [-0.3, -0.25) is 9.59 Å². The summed E-state index contributed by atoms with van der Waals surface area (Å²) in [5.41, 5.74) is 2.36. The number of anilines is 1. The van der Waals surface area contributed by atoms with E-state index in [0.717, 1.165) is 11.8 Å². The number of sulfone groups is 1. The molecule has 0 spiro atoms. The monoisotopic (exact) mass is 648 g/mol. The average Bonchev–Trinajstić information content (AvgIpc) is 3.04. The van der Waals surface area contributed by atoms with Crippen molar-refractivity contribution in [2.24, 2.45) is 5.92 Å². The Kier molecular flexibility index (Phi) is 9.37. The van der Waals surface area contributed by atoms with E-state index in [-0.39, 0.29) is 29.4 Å². The third-order valence-corrected chi connectivity index (χ3v) is 10.2. The van der Waals surface area contributed by atoms with Gasteiger partial charge in [-0.15, -0.1) is 0 Å². The van der Waals surface area contributed by atoms with Gasteiger partial charge in [0, 0.05) is 24.1 Å². The molecule has 1 heterocycles. The molecule has 45 heavy (non-hydrogen) atoms. The maximum absolute atomic E-state index is 14.0. The van der Waals surface area contributed by atoms with Gasteiger partial charge in [-0.2, -0.15) is 4.72 Å². The van der Waals surface area contributed by atoms with Crippen LogP contribution in [0.15, 0.2) is 113 Å². The zero-order chi connectivity index (χ0) is 32.2. The zero-order valence-electron chi connectivity index (χ0n) is 24.6. The number of sulfonamides is 1. The second kappa shape index (κ2) is 13.2. The van der Waals surface area contributed by atoms with Gasteiger partial charge in [-0.05, 0) is 60.0 Å². The van der Waals surface area contributed by atoms with Crippen molar-refractivity contribution in [3.63, 3.8) is 0 Å². The Balaban J connectivity index is 1.43. The maximum Gasteiger partial charge on any atom is 0.311 e. The molecule has 0 saturated carbocycles. The van der Waals surface area contributed by atoms with E-state index >= 15 is 0 Å². The number of hydrogen-bond acceptors (Lipinski definition) is 8. The quantitative estimate of drug-likeness (QED) is 0.253. The molecule has 12 heteroatoms. The van der Waals surface area contributed by atoms with Crippen LogP contribution in [0, 0.1) is 5.92 Å². The molecule has 1 fully saturated rings. The van der Waals surface area contributed by atoms with Crippen molar-refractivity contribution in [1.82, 2.24) is 4.72 Å². The average molecular weight is 649 g/mol. The van der Waals surface area contributed by atoms with E-state index in [1.54, 1.807) is 54.6 Å². The number of piperidine rings is 1. The highest BCUT2D eigenvalue weighted by molar-refractivity contribution is 7.91. The lowest BCUT2D eigenvalue weighted by atomic mass is 9.91. The predicted molar refractivity (Wildman–Crippen MR) is 169 cm³/mol. The van der Waals surface area contributed by atoms with Crippen molar-refractivity contribution < 1.29 is 35.9 Å². The minimum absolute atomic E-state index is 0.0254. The second-order valence-corrected chi connectivity index (χ2v) is 14.3. The third-order valence-electron chi connectivity index (χ3n) is 7.55. The summed E-state index contributed by atoms with van der Waals surface area (Å²) in [6.07, 6.45) is 1.27. The lowest BCUT2D eigenvalue weighted by Gasteiger charge is -2.37. The topological polar surface area (TPSA) is 136 Å². The molecule has 0 bridgehead atoms. The first-order valence-corrected chi connectivity index (χ1v) is 17.4. The first-order chi connectivity index (χ1) is 21.5. The van der Waals surface area contributed by atoms with Crippen LogP contribution in [0.25, 0.3) is 11.1 Å². The predicted octanol–water partition coefficient (Wildman–Crippen LogP) is 4.21. The van der Waals surface area contributed by atoms with Crippen LogP contribution in [-0.2, 0) is 40.8 Å². The summed E-state index contributed by atoms with van der Waals surface area (Å²) in [6, 6.07) is 26.6. The molecule has 1 saturated heterocycles. The van der Waals surface area contributed by atoms with Crippen LogP contribution in [0.1, 0.15) is 12.0 Å². The first-order valence-electron chi connectivity index (χ1n) is 14.1. The molecule has 234 valence electrons. The molecule has 10 nitrogen and oxygen atoms in total. The Bertz CT molecular complexity index is 1890. The molecular weight excluding hydrogens is 617 g/mol. The number of hydrogen-bond donors (Lipinski definition) is 1. The van der Waals surface area contributed by atoms with Crippen LogP contribution < -0.4 is 14.4 Å². The summed E-state index contributed by atoms with van der Waals surface area (Å²) in [5.74, 6) is -1.93. The smallest absolute Gasteiger partial charge is 0.311 e. The van der Waals surface area contributed by atoms with Gasteiger partial charge in [0.25, 0.3) is 0 Å². The number of carbonyl (C=O) groups is 2. The minimum Gasteiger partial charge on any atom is -0.497 e. The van der Waals surface area contributed by atoms with E-state index in [2.05, 4.69) is 4.72 Å². The first kappa shape index (κ1) is 31.9. The molecule has 0 aliphatic carbocycles. The Hall–Kier alpha value is -4.52. The van der Waals surface area contributed by atoms with Gasteiger partial charge >= 0.3 is 5.97 Å². The van der Waals surface area contributed by atoms with Gasteiger partial charge in [0.15, 0.2) is 9.84 Å². The summed E-state index contributed by atoms with van der Waals surface area (Å²) < 4.78 is 64.6. The van der Waals surface area contributed by atoms with Gasteiger partial charge in [-0.25, -0.2) is 16.8 Å². The Labute approximate surface area is 262 Å². The summed E-state index contributed by atoms with van der Waals surface area (Å²) >= 11 is 0. The normalized spacial score (nSPS) is 17.1. The number of esters is 1. The molecule has 2 atom stereocenters. The van der Waals surface area contributed by atoms with E-state index < -0.39 is 43.7 Å². The minimum atomic E-state index is -4.24. The highest BCUT2D eigenvalue weighted by Gasteiger charge is 2.44. The third kappa shape index (κ3) is 7.25. The molecule has 4 aromatic rings. The molecule has 1 amide bonds. The fourth-order valence-electron chi connectivity index (χ4n) is 5.20. The zero-order valence-corrected chi connectivity index (χ0v) is 26.3. The largest absolute Gasteiger partial charge is 0.497 e. The molecule has 1 aliphatic rings. The van der Waals surface area contributed by atoms with Crippen molar-refractivity contribution in [2.75, 3.05) is 24.8 Å². The summed E-state index contributed by atoms with van der Waals surface area (Å²) in [5, 5.41) is 0. The van der Waals surface area contributed by atoms with Crippen molar-refractivity contribution in [3.05, 3.63) is 109 Å². The molecule has 0 radical (unpaired) electrons. The fraction of sp³-hybridized carbons (Fsp3) is 0.212. The van der Waals surface area contributed by atoms with E-state index in [0.29, 0.717) is 22.6 Å². The summed E-state index contributed by atoms with van der Waals surface area (Å²) in [4.78, 5) is 28.7. The van der Waals surface area contributed by atoms with Crippen LogP contribution >= 0.6 is 0 Å². The Morgan fingerprint density at radius 1 is 0.867 bits per heavy atom. The van der Waals surface area contributed by atoms with E-state index in [1.165, 1.54) is 42.3 Å². The number of nitrogens with one attached hydrogen (secondary N) is 1. The second-order valence-electron chi connectivity index (χ2n) is 10.6. The molecule has 4 aromatic carbocycles. The van der Waals surface area contributed by atoms with Crippen molar-refractivity contribution in [1.29, 1.82) is 0 Å². The highest BCUT2D eigenvalue weighted by atomic mass is 32.2. The molecule has 1 aliphatic heterocycles. The highest BCUT2D eigenvalue weighted by Crippen LogP contribution is 2.32. The maximum atomic E-state index is 14.0. The van der Waals surface area contributed by atoms with Gasteiger partial charge in [-0.1, -0.05) is 60.7 Å². The van der Waals surface area contributed by atoms with Crippen LogP contribution in [-0.4, -0.2) is 54.7 Å². The SMILES string of the molecule is COc1ccc(S(=O)(=O)NC2C(=O)N(c3ccc(-c4ccccc4S(C)(=O)=O)cc3)CCC2C(=O)OCc2ccccc2)cc1. The standard InChI is InChI=1S/C33H32N2O8S2/c1-42-26-16-18-27(19-17-26)45(40,41)34-31-29(33(37)43-22-23-8-4-3-5-9-23)20-21-35(32(31)36)25-14-12-24(13-15-25)28-10-6-7-11-30(28)44(2,38)39/h3-19,29,31,34H,20-22H2,1-2H3. The number of benzene rings is 4. The van der Waals surface area contributed by atoms with Crippen LogP contribution in [0.4, 0.5) is 5.69 Å². The van der Waals surface area contributed by atoms with Gasteiger partial charge in [0.2, 0.25) is 15.9 Å². The number of ether oxygens (including phenoxy) is 2. The van der Waals surface area contributed by atoms with Gasteiger partial charge < -0.3 is 14.4 Å². The lowest BCUT2D eigenvalue weighted by molar-refractivity contribution is -0.153. The van der Waals surface area contributed by atoms with E-state index in [9.17, 15) is 26.4 Å². The van der Waals surface area contributed by atoms with Gasteiger partial charge in [0.05, 0.1) is 22.8 Å². The fourth-order valence-corrected chi connectivity index (χ4v) is 7.34. The molecule has 5 rings (SSSR count). The summed E-state index contributed by atoms with van der Waals surface area (Å²) in [7, 11) is -6.27. The number of carbonyl (C=O) groups excluding carboxylic acids is 2. The Morgan fingerprint density at radius 2 is 1.51 bits per heavy atom. The number of amides is 1. The molecule has 0 aromatic heterocycles. The lowest BCUT2D eigenvalue weighted by Crippen LogP contribution is -2.58. The number of nitrogens with zero attached hydrogens (tertiary/aromatic N) is 1. The van der Waals surface area contributed by atoms with Gasteiger partial charge in [0.1, 0.15) is 18.4 Å². The van der Waals surface area contributed by atoms with Crippen LogP contribution in [0.2, 0.25) is 0 Å². The van der Waals surface area contributed by atoms with E-state index in [1.807, 2.05) is 18.2 Å². The number of rotatable bonds is 10. The molecular formula is C33H32N2O8S2. The van der Waals surface area contributed by atoms with Crippen LogP contribution in [0.3, 0.4) is 0 Å². The van der Waals surface area contributed by atoms with Crippen LogP contribution in [0.5, 0.6) is 5.75 Å². The molecule has 2 unspecified atom stereocenters. The summed E-state index contributed by atoms with van der Waals surface area (Å²) in [6.45, 7) is 0.104. The van der Waals surface area contributed by atoms with Crippen molar-refractivity contribution >= 4 is 37.4 Å². The van der Waals surface area contributed by atoms with Crippen molar-refractivity contribution in [3.8, 4) is 16.9 Å². The van der Waals surface area contributed by atoms with E-state index in [4.69, 9.17) is 9.47 Å². The number of methoxy groups -OCH3 is 1. The Morgan fingerprint density at radius 3 is 2.16 bits per heavy atom. The molecule has 1 N–H and O–H groups in total. The van der Waals surface area contributed by atoms with Crippen molar-refractivity contribution in [2.45, 2.75) is 28.9 Å².